The molecule has 0 saturated heterocycles. The van der Waals surface area contributed by atoms with Crippen molar-refractivity contribution in [2.75, 3.05) is 11.1 Å². The molecule has 3 N–H and O–H groups in total. The second-order valence-electron chi connectivity index (χ2n) is 3.73. The minimum absolute atomic E-state index is 0.242. The number of hydrogen-bond acceptors (Lipinski definition) is 4. The second kappa shape index (κ2) is 5.01. The topological polar surface area (TPSA) is 80.9 Å². The molecule has 2 rings (SSSR count). The molecule has 0 aliphatic heterocycles. The van der Waals surface area contributed by atoms with Crippen molar-refractivity contribution in [3.05, 3.63) is 46.9 Å². The predicted molar refractivity (Wildman–Crippen MR) is 70.6 cm³/mol. The number of nitrogens with one attached hydrogen (secondary N) is 1. The Hall–Kier alpha value is -2.14. The van der Waals surface area contributed by atoms with Crippen LogP contribution in [0.25, 0.3) is 0 Å². The highest BCUT2D eigenvalue weighted by atomic mass is 35.5. The molecule has 0 aliphatic carbocycles. The van der Waals surface area contributed by atoms with Crippen LogP contribution in [-0.2, 0) is 0 Å². The fourth-order valence-electron chi connectivity index (χ4n) is 1.37. The van der Waals surface area contributed by atoms with Gasteiger partial charge in [0.15, 0.2) is 0 Å². The van der Waals surface area contributed by atoms with E-state index in [4.69, 9.17) is 17.3 Å². The molecule has 92 valence electrons. The Morgan fingerprint density at radius 1 is 1.33 bits per heavy atom. The van der Waals surface area contributed by atoms with Gasteiger partial charge >= 0.3 is 0 Å². The summed E-state index contributed by atoms with van der Waals surface area (Å²) in [6.07, 6.45) is 2.92. The Kier molecular flexibility index (Phi) is 3.43. The van der Waals surface area contributed by atoms with Crippen LogP contribution >= 0.6 is 11.6 Å². The SMILES string of the molecule is Cc1ccc(NC(=O)c2cc(N)ncc2Cl)cn1. The Balaban J connectivity index is 2.21. The average Bonchev–Trinajstić information content (AvgIpc) is 2.35. The van der Waals surface area contributed by atoms with Gasteiger partial charge in [-0.15, -0.1) is 0 Å². The molecule has 0 unspecified atom stereocenters. The molecule has 18 heavy (non-hydrogen) atoms. The average molecular weight is 263 g/mol. The minimum atomic E-state index is -0.347. The van der Waals surface area contributed by atoms with Crippen LogP contribution in [-0.4, -0.2) is 15.9 Å². The van der Waals surface area contributed by atoms with Gasteiger partial charge in [0.25, 0.3) is 5.91 Å². The smallest absolute Gasteiger partial charge is 0.257 e. The van der Waals surface area contributed by atoms with Gasteiger partial charge in [0.05, 0.1) is 22.5 Å². The summed E-state index contributed by atoms with van der Waals surface area (Å²) in [6, 6.07) is 5.00. The molecule has 0 atom stereocenters. The Morgan fingerprint density at radius 2 is 2.11 bits per heavy atom. The van der Waals surface area contributed by atoms with E-state index in [2.05, 4.69) is 15.3 Å². The van der Waals surface area contributed by atoms with Crippen molar-refractivity contribution >= 4 is 29.0 Å². The molecular formula is C12H11ClN4O. The van der Waals surface area contributed by atoms with Crippen molar-refractivity contribution in [1.82, 2.24) is 9.97 Å². The fraction of sp³-hybridized carbons (Fsp3) is 0.0833. The maximum atomic E-state index is 12.0. The third-order valence-electron chi connectivity index (χ3n) is 2.29. The van der Waals surface area contributed by atoms with Gasteiger partial charge in [-0.25, -0.2) is 4.98 Å². The van der Waals surface area contributed by atoms with Crippen molar-refractivity contribution in [3.8, 4) is 0 Å². The van der Waals surface area contributed by atoms with Gasteiger partial charge in [0.1, 0.15) is 5.82 Å². The zero-order valence-corrected chi connectivity index (χ0v) is 10.4. The summed E-state index contributed by atoms with van der Waals surface area (Å²) in [5.41, 5.74) is 7.27. The van der Waals surface area contributed by atoms with Crippen molar-refractivity contribution in [2.24, 2.45) is 0 Å². The highest BCUT2D eigenvalue weighted by Crippen LogP contribution is 2.18. The first-order valence-electron chi connectivity index (χ1n) is 5.21. The number of aryl methyl sites for hydroxylation is 1. The van der Waals surface area contributed by atoms with Gasteiger partial charge in [0.2, 0.25) is 0 Å². The maximum Gasteiger partial charge on any atom is 0.257 e. The number of aromatic nitrogens is 2. The van der Waals surface area contributed by atoms with Crippen LogP contribution in [0.2, 0.25) is 5.02 Å². The lowest BCUT2D eigenvalue weighted by Crippen LogP contribution is -2.13. The number of halogens is 1. The highest BCUT2D eigenvalue weighted by Gasteiger charge is 2.11. The number of hydrogen-bond donors (Lipinski definition) is 2. The third kappa shape index (κ3) is 2.75. The van der Waals surface area contributed by atoms with E-state index in [0.717, 1.165) is 5.69 Å². The number of anilines is 2. The van der Waals surface area contributed by atoms with Crippen molar-refractivity contribution in [1.29, 1.82) is 0 Å². The number of carbonyl (C=O) groups excluding carboxylic acids is 1. The second-order valence-corrected chi connectivity index (χ2v) is 4.14. The van der Waals surface area contributed by atoms with Crippen molar-refractivity contribution in [2.45, 2.75) is 6.92 Å². The Morgan fingerprint density at radius 3 is 2.78 bits per heavy atom. The molecule has 0 radical (unpaired) electrons. The van der Waals surface area contributed by atoms with Crippen LogP contribution in [0.5, 0.6) is 0 Å². The van der Waals surface area contributed by atoms with Crippen molar-refractivity contribution < 1.29 is 4.79 Å². The summed E-state index contributed by atoms with van der Waals surface area (Å²) in [4.78, 5) is 19.8. The minimum Gasteiger partial charge on any atom is -0.384 e. The molecule has 0 spiro atoms. The Labute approximate surface area is 109 Å². The van der Waals surface area contributed by atoms with E-state index < -0.39 is 0 Å². The lowest BCUT2D eigenvalue weighted by molar-refractivity contribution is 0.102. The summed E-state index contributed by atoms with van der Waals surface area (Å²) in [6.45, 7) is 1.87. The summed E-state index contributed by atoms with van der Waals surface area (Å²) < 4.78 is 0. The van der Waals surface area contributed by atoms with Gasteiger partial charge in [-0.2, -0.15) is 0 Å². The number of rotatable bonds is 2. The van der Waals surface area contributed by atoms with Gasteiger partial charge in [-0.3, -0.25) is 9.78 Å². The quantitative estimate of drug-likeness (QED) is 0.870. The molecule has 0 aromatic carbocycles. The van der Waals surface area contributed by atoms with Crippen LogP contribution in [0.1, 0.15) is 16.1 Å². The first kappa shape index (κ1) is 12.3. The van der Waals surface area contributed by atoms with Crippen molar-refractivity contribution in [3.63, 3.8) is 0 Å². The van der Waals surface area contributed by atoms with Crippen LogP contribution in [0.15, 0.2) is 30.6 Å². The molecule has 5 nitrogen and oxygen atoms in total. The van der Waals surface area contributed by atoms with E-state index in [0.29, 0.717) is 5.69 Å². The first-order valence-corrected chi connectivity index (χ1v) is 5.59. The summed E-state index contributed by atoms with van der Waals surface area (Å²) in [5.74, 6) is -0.105. The van der Waals surface area contributed by atoms with Crippen LogP contribution in [0, 0.1) is 6.92 Å². The van der Waals surface area contributed by atoms with Gasteiger partial charge in [-0.05, 0) is 25.1 Å². The number of amides is 1. The van der Waals surface area contributed by atoms with Gasteiger partial charge in [-0.1, -0.05) is 11.6 Å². The highest BCUT2D eigenvalue weighted by molar-refractivity contribution is 6.34. The normalized spacial score (nSPS) is 10.1. The number of nitrogens with two attached hydrogens (primary N) is 1. The molecular weight excluding hydrogens is 252 g/mol. The molecule has 0 aliphatic rings. The van der Waals surface area contributed by atoms with E-state index in [-0.39, 0.29) is 22.3 Å². The number of nitrogen functional groups attached to an aromatic ring is 1. The van der Waals surface area contributed by atoms with Crippen LogP contribution < -0.4 is 11.1 Å². The van der Waals surface area contributed by atoms with E-state index in [1.807, 2.05) is 6.92 Å². The molecule has 2 aromatic heterocycles. The third-order valence-corrected chi connectivity index (χ3v) is 2.59. The molecule has 0 bridgehead atoms. The predicted octanol–water partition coefficient (Wildman–Crippen LogP) is 2.27. The number of carbonyl (C=O) groups is 1. The molecule has 1 amide bonds. The van der Waals surface area contributed by atoms with E-state index in [1.54, 1.807) is 18.3 Å². The number of pyridine rings is 2. The zero-order chi connectivity index (χ0) is 13.1. The lowest BCUT2D eigenvalue weighted by Gasteiger charge is -2.07. The largest absolute Gasteiger partial charge is 0.384 e. The molecule has 0 saturated carbocycles. The van der Waals surface area contributed by atoms with E-state index in [1.165, 1.54) is 12.3 Å². The number of nitrogens with zero attached hydrogens (tertiary/aromatic N) is 2. The van der Waals surface area contributed by atoms with E-state index >= 15 is 0 Å². The first-order chi connectivity index (χ1) is 8.56. The standard InChI is InChI=1S/C12H11ClN4O/c1-7-2-3-8(5-15-7)17-12(18)9-4-11(14)16-6-10(9)13/h2-6H,1H3,(H2,14,16)(H,17,18). The van der Waals surface area contributed by atoms with E-state index in [9.17, 15) is 4.79 Å². The summed E-state index contributed by atoms with van der Waals surface area (Å²) in [5, 5.41) is 2.94. The molecule has 0 fully saturated rings. The lowest BCUT2D eigenvalue weighted by atomic mass is 10.2. The van der Waals surface area contributed by atoms with Crippen LogP contribution in [0.3, 0.4) is 0 Å². The molecule has 6 heteroatoms. The zero-order valence-electron chi connectivity index (χ0n) is 9.64. The summed E-state index contributed by atoms with van der Waals surface area (Å²) in [7, 11) is 0. The molecule has 2 aromatic rings. The van der Waals surface area contributed by atoms with Gasteiger partial charge < -0.3 is 11.1 Å². The van der Waals surface area contributed by atoms with Gasteiger partial charge in [0, 0.05) is 11.9 Å². The summed E-state index contributed by atoms with van der Waals surface area (Å²) >= 11 is 5.89. The Bertz CT molecular complexity index is 583. The maximum absolute atomic E-state index is 12.0. The fourth-order valence-corrected chi connectivity index (χ4v) is 1.56. The van der Waals surface area contributed by atoms with Crippen LogP contribution in [0.4, 0.5) is 11.5 Å². The monoisotopic (exact) mass is 262 g/mol. The molecule has 2 heterocycles.